The summed E-state index contributed by atoms with van der Waals surface area (Å²) in [4.78, 5) is 2.38. The lowest BCUT2D eigenvalue weighted by atomic mass is 10.1. The minimum absolute atomic E-state index is 0.0571. The summed E-state index contributed by atoms with van der Waals surface area (Å²) in [6.45, 7) is 1.96. The molecule has 0 spiro atoms. The number of hydrogen-bond donors (Lipinski definition) is 3. The van der Waals surface area contributed by atoms with Gasteiger partial charge >= 0.3 is 0 Å². The minimum Gasteiger partial charge on any atom is -0.393 e. The van der Waals surface area contributed by atoms with Crippen molar-refractivity contribution in [2.24, 2.45) is 0 Å². The first-order valence-electron chi connectivity index (χ1n) is 5.33. The van der Waals surface area contributed by atoms with Crippen molar-refractivity contribution in [1.82, 2.24) is 15.8 Å². The first kappa shape index (κ1) is 10.6. The van der Waals surface area contributed by atoms with Crippen LogP contribution in [0.1, 0.15) is 25.7 Å². The molecule has 0 aliphatic carbocycles. The average Bonchev–Trinajstić information content (AvgIpc) is 2.21. The van der Waals surface area contributed by atoms with Crippen molar-refractivity contribution in [1.29, 1.82) is 0 Å². The van der Waals surface area contributed by atoms with Crippen LogP contribution in [0.4, 0.5) is 0 Å². The molecule has 2 aliphatic rings. The molecule has 4 nitrogen and oxygen atoms in total. The maximum absolute atomic E-state index is 9.38. The Bertz CT molecular complexity index is 157. The van der Waals surface area contributed by atoms with E-state index in [1.807, 2.05) is 0 Å². The fraction of sp³-hybridized carbons (Fsp3) is 1.00. The van der Waals surface area contributed by atoms with E-state index in [0.717, 1.165) is 38.8 Å². The highest BCUT2D eigenvalue weighted by atomic mass is 35.5. The van der Waals surface area contributed by atoms with Crippen molar-refractivity contribution < 1.29 is 5.11 Å². The summed E-state index contributed by atoms with van der Waals surface area (Å²) in [5.74, 6) is 0. The second-order valence-corrected chi connectivity index (χ2v) is 4.64. The van der Waals surface area contributed by atoms with Gasteiger partial charge < -0.3 is 5.11 Å². The highest BCUT2D eigenvalue weighted by molar-refractivity contribution is 6.20. The number of likely N-dealkylation sites (tertiary alicyclic amines) is 1. The van der Waals surface area contributed by atoms with Gasteiger partial charge in [-0.2, -0.15) is 0 Å². The quantitative estimate of drug-likeness (QED) is 0.436. The molecule has 0 aromatic rings. The third-order valence-electron chi connectivity index (χ3n) is 3.04. The highest BCUT2D eigenvalue weighted by Gasteiger charge is 2.26. The lowest BCUT2D eigenvalue weighted by Gasteiger charge is -2.39. The Morgan fingerprint density at radius 1 is 1.07 bits per heavy atom. The standard InChI is InChI=1S/C9H18ClN3O/c10-8-1-2-9(12-11-8)13-5-3-7(14)4-6-13/h7-9,11-12,14H,1-6H2. The summed E-state index contributed by atoms with van der Waals surface area (Å²) in [5, 5.41) is 9.38. The van der Waals surface area contributed by atoms with Crippen LogP contribution in [0.5, 0.6) is 0 Å². The summed E-state index contributed by atoms with van der Waals surface area (Å²) >= 11 is 5.91. The molecule has 2 heterocycles. The predicted molar refractivity (Wildman–Crippen MR) is 55.7 cm³/mol. The zero-order chi connectivity index (χ0) is 9.97. The fourth-order valence-corrected chi connectivity index (χ4v) is 2.30. The van der Waals surface area contributed by atoms with E-state index in [1.165, 1.54) is 0 Å². The fourth-order valence-electron chi connectivity index (χ4n) is 2.11. The van der Waals surface area contributed by atoms with Crippen LogP contribution >= 0.6 is 11.6 Å². The van der Waals surface area contributed by atoms with Crippen LogP contribution in [0.15, 0.2) is 0 Å². The van der Waals surface area contributed by atoms with Gasteiger partial charge in [0.2, 0.25) is 0 Å². The molecule has 2 unspecified atom stereocenters. The highest BCUT2D eigenvalue weighted by Crippen LogP contribution is 2.17. The van der Waals surface area contributed by atoms with Crippen molar-refractivity contribution in [2.75, 3.05) is 13.1 Å². The van der Waals surface area contributed by atoms with Crippen molar-refractivity contribution in [3.63, 3.8) is 0 Å². The number of halogens is 1. The van der Waals surface area contributed by atoms with Gasteiger partial charge in [0, 0.05) is 13.1 Å². The average molecular weight is 220 g/mol. The summed E-state index contributed by atoms with van der Waals surface area (Å²) in [5.41, 5.74) is 6.32. The molecule has 0 saturated carbocycles. The number of aliphatic hydroxyl groups is 1. The number of nitrogens with one attached hydrogen (secondary N) is 2. The zero-order valence-electron chi connectivity index (χ0n) is 8.25. The normalized spacial score (nSPS) is 37.3. The van der Waals surface area contributed by atoms with Gasteiger partial charge in [-0.15, -0.1) is 11.6 Å². The molecule has 2 atom stereocenters. The first-order chi connectivity index (χ1) is 6.75. The Hall–Kier alpha value is 0.130. The van der Waals surface area contributed by atoms with E-state index in [9.17, 15) is 5.11 Å². The van der Waals surface area contributed by atoms with Gasteiger partial charge in [-0.1, -0.05) is 0 Å². The van der Waals surface area contributed by atoms with Crippen molar-refractivity contribution in [3.8, 4) is 0 Å². The van der Waals surface area contributed by atoms with Crippen LogP contribution in [-0.4, -0.2) is 40.9 Å². The van der Waals surface area contributed by atoms with E-state index in [-0.39, 0.29) is 11.6 Å². The molecule has 2 fully saturated rings. The number of rotatable bonds is 1. The molecular formula is C9H18ClN3O. The van der Waals surface area contributed by atoms with E-state index in [4.69, 9.17) is 11.6 Å². The molecular weight excluding hydrogens is 202 g/mol. The van der Waals surface area contributed by atoms with Gasteiger partial charge in [0.25, 0.3) is 0 Å². The first-order valence-corrected chi connectivity index (χ1v) is 5.76. The number of hydrazine groups is 1. The Kier molecular flexibility index (Phi) is 3.62. The predicted octanol–water partition coefficient (Wildman–Crippen LogP) is 0.222. The van der Waals surface area contributed by atoms with Gasteiger partial charge in [0.05, 0.1) is 17.8 Å². The molecule has 0 bridgehead atoms. The minimum atomic E-state index is -0.0939. The molecule has 5 heteroatoms. The van der Waals surface area contributed by atoms with E-state index in [2.05, 4.69) is 15.8 Å². The number of aliphatic hydroxyl groups excluding tert-OH is 1. The second-order valence-electron chi connectivity index (χ2n) is 4.12. The molecule has 0 amide bonds. The number of hydrogen-bond acceptors (Lipinski definition) is 4. The molecule has 2 aliphatic heterocycles. The smallest absolute Gasteiger partial charge is 0.0953 e. The second kappa shape index (κ2) is 4.77. The lowest BCUT2D eigenvalue weighted by molar-refractivity contribution is 0.0350. The van der Waals surface area contributed by atoms with Crippen LogP contribution in [-0.2, 0) is 0 Å². The SMILES string of the molecule is OC1CCN(C2CCC(Cl)NN2)CC1. The third-order valence-corrected chi connectivity index (χ3v) is 3.37. The van der Waals surface area contributed by atoms with Crippen molar-refractivity contribution >= 4 is 11.6 Å². The maximum Gasteiger partial charge on any atom is 0.0953 e. The lowest BCUT2D eigenvalue weighted by Crippen LogP contribution is -2.58. The molecule has 0 aromatic heterocycles. The topological polar surface area (TPSA) is 47.5 Å². The number of alkyl halides is 1. The monoisotopic (exact) mass is 219 g/mol. The van der Waals surface area contributed by atoms with Crippen LogP contribution in [0.2, 0.25) is 0 Å². The van der Waals surface area contributed by atoms with E-state index in [1.54, 1.807) is 0 Å². The molecule has 82 valence electrons. The number of piperidine rings is 1. The molecule has 2 saturated heterocycles. The van der Waals surface area contributed by atoms with Gasteiger partial charge in [-0.25, -0.2) is 10.9 Å². The maximum atomic E-state index is 9.38. The van der Waals surface area contributed by atoms with Crippen LogP contribution in [0.3, 0.4) is 0 Å². The third kappa shape index (κ3) is 2.58. The van der Waals surface area contributed by atoms with Gasteiger partial charge in [0.15, 0.2) is 0 Å². The van der Waals surface area contributed by atoms with Crippen LogP contribution < -0.4 is 10.9 Å². The van der Waals surface area contributed by atoms with Crippen LogP contribution in [0.25, 0.3) is 0 Å². The Morgan fingerprint density at radius 3 is 2.36 bits per heavy atom. The van der Waals surface area contributed by atoms with Gasteiger partial charge in [0.1, 0.15) is 0 Å². The van der Waals surface area contributed by atoms with Gasteiger partial charge in [-0.05, 0) is 25.7 Å². The Labute approximate surface area is 89.6 Å². The molecule has 0 aromatic carbocycles. The van der Waals surface area contributed by atoms with Gasteiger partial charge in [-0.3, -0.25) is 4.90 Å². The van der Waals surface area contributed by atoms with E-state index < -0.39 is 0 Å². The van der Waals surface area contributed by atoms with Crippen LogP contribution in [0, 0.1) is 0 Å². The van der Waals surface area contributed by atoms with Crippen molar-refractivity contribution in [3.05, 3.63) is 0 Å². The molecule has 14 heavy (non-hydrogen) atoms. The molecule has 3 N–H and O–H groups in total. The Morgan fingerprint density at radius 2 is 1.79 bits per heavy atom. The summed E-state index contributed by atoms with van der Waals surface area (Å²) < 4.78 is 0. The molecule has 2 rings (SSSR count). The summed E-state index contributed by atoms with van der Waals surface area (Å²) in [6, 6.07) is 0. The van der Waals surface area contributed by atoms with E-state index >= 15 is 0 Å². The number of nitrogens with zero attached hydrogens (tertiary/aromatic N) is 1. The van der Waals surface area contributed by atoms with E-state index in [0.29, 0.717) is 6.17 Å². The molecule has 0 radical (unpaired) electrons. The Balaban J connectivity index is 1.78. The summed E-state index contributed by atoms with van der Waals surface area (Å²) in [6.07, 6.45) is 4.15. The summed E-state index contributed by atoms with van der Waals surface area (Å²) in [7, 11) is 0. The largest absolute Gasteiger partial charge is 0.393 e. The zero-order valence-corrected chi connectivity index (χ0v) is 9.00. The van der Waals surface area contributed by atoms with Crippen molar-refractivity contribution in [2.45, 2.75) is 43.5 Å².